The Balaban J connectivity index is 1.77. The third-order valence-electron chi connectivity index (χ3n) is 4.64. The molecule has 19 heavy (non-hydrogen) atoms. The molecule has 0 N–H and O–H groups in total. The number of halogens is 1. The molecule has 3 atom stereocenters. The number of rotatable bonds is 1. The molecule has 0 aliphatic carbocycles. The van der Waals surface area contributed by atoms with Gasteiger partial charge in [0.15, 0.2) is 0 Å². The van der Waals surface area contributed by atoms with Crippen LogP contribution in [-0.4, -0.2) is 16.9 Å². The molecule has 3 unspecified atom stereocenters. The van der Waals surface area contributed by atoms with Crippen LogP contribution in [0.2, 0.25) is 5.15 Å². The summed E-state index contributed by atoms with van der Waals surface area (Å²) in [5, 5.41) is 0.570. The van der Waals surface area contributed by atoms with E-state index in [1.54, 1.807) is 0 Å². The third-order valence-corrected chi connectivity index (χ3v) is 4.86. The number of aromatic nitrogens is 1. The Labute approximate surface area is 118 Å². The molecule has 2 nitrogen and oxygen atoms in total. The standard InChI is InChI=1S/C16H15ClN2/c1-19-14-8-13(10-6-7-15(17)18-9-10)16(19)12-5-3-2-4-11(12)14/h2-7,9,13-14,16H,8H2,1H3. The van der Waals surface area contributed by atoms with Crippen LogP contribution in [0, 0.1) is 0 Å². The summed E-state index contributed by atoms with van der Waals surface area (Å²) in [6, 6.07) is 13.9. The smallest absolute Gasteiger partial charge is 0.129 e. The molecule has 2 aliphatic heterocycles. The van der Waals surface area contributed by atoms with E-state index in [0.29, 0.717) is 23.2 Å². The van der Waals surface area contributed by atoms with E-state index >= 15 is 0 Å². The largest absolute Gasteiger partial charge is 0.292 e. The molecule has 1 fully saturated rings. The third kappa shape index (κ3) is 1.57. The highest BCUT2D eigenvalue weighted by Crippen LogP contribution is 2.58. The first kappa shape index (κ1) is 11.4. The summed E-state index contributed by atoms with van der Waals surface area (Å²) < 4.78 is 0. The van der Waals surface area contributed by atoms with Crippen LogP contribution < -0.4 is 0 Å². The van der Waals surface area contributed by atoms with Crippen LogP contribution in [0.15, 0.2) is 42.6 Å². The summed E-state index contributed by atoms with van der Waals surface area (Å²) >= 11 is 5.89. The van der Waals surface area contributed by atoms with Gasteiger partial charge in [-0.15, -0.1) is 0 Å². The van der Waals surface area contributed by atoms with Crippen molar-refractivity contribution in [3.05, 3.63) is 64.4 Å². The maximum absolute atomic E-state index is 5.89. The van der Waals surface area contributed by atoms with Crippen LogP contribution in [0.25, 0.3) is 0 Å². The van der Waals surface area contributed by atoms with Gasteiger partial charge in [-0.2, -0.15) is 0 Å². The molecular formula is C16H15ClN2. The van der Waals surface area contributed by atoms with Crippen LogP contribution >= 0.6 is 11.6 Å². The van der Waals surface area contributed by atoms with Crippen molar-refractivity contribution in [1.29, 1.82) is 0 Å². The SMILES string of the molecule is CN1C2CC(c3ccc(Cl)nc3)C1c1ccccc12. The van der Waals surface area contributed by atoms with Gasteiger partial charge < -0.3 is 0 Å². The fourth-order valence-corrected chi connectivity index (χ4v) is 3.92. The molecular weight excluding hydrogens is 256 g/mol. The van der Waals surface area contributed by atoms with Crippen LogP contribution in [-0.2, 0) is 0 Å². The Morgan fingerprint density at radius 1 is 1.16 bits per heavy atom. The van der Waals surface area contributed by atoms with E-state index < -0.39 is 0 Å². The lowest BCUT2D eigenvalue weighted by Crippen LogP contribution is -2.15. The topological polar surface area (TPSA) is 16.1 Å². The maximum atomic E-state index is 5.89. The molecule has 0 radical (unpaired) electrons. The van der Waals surface area contributed by atoms with Gasteiger partial charge in [0.2, 0.25) is 0 Å². The van der Waals surface area contributed by atoms with Crippen molar-refractivity contribution in [2.45, 2.75) is 24.4 Å². The molecule has 2 aromatic rings. The Bertz CT molecular complexity index is 623. The maximum Gasteiger partial charge on any atom is 0.129 e. The molecule has 3 heterocycles. The summed E-state index contributed by atoms with van der Waals surface area (Å²) in [6.45, 7) is 0. The highest BCUT2D eigenvalue weighted by Gasteiger charge is 2.48. The Kier molecular flexibility index (Phi) is 2.44. The molecule has 96 valence electrons. The van der Waals surface area contributed by atoms with Crippen LogP contribution in [0.5, 0.6) is 0 Å². The minimum absolute atomic E-state index is 0.490. The number of hydrogen-bond acceptors (Lipinski definition) is 2. The highest BCUT2D eigenvalue weighted by atomic mass is 35.5. The van der Waals surface area contributed by atoms with E-state index in [9.17, 15) is 0 Å². The number of likely N-dealkylation sites (N-methyl/N-ethyl adjacent to an activating group) is 1. The van der Waals surface area contributed by atoms with Crippen molar-refractivity contribution >= 4 is 11.6 Å². The number of fused-ring (bicyclic) bond motifs is 5. The summed E-state index contributed by atoms with van der Waals surface area (Å²) in [6.07, 6.45) is 3.12. The fourth-order valence-electron chi connectivity index (χ4n) is 3.80. The van der Waals surface area contributed by atoms with Gasteiger partial charge in [-0.05, 0) is 36.2 Å². The van der Waals surface area contributed by atoms with Crippen molar-refractivity contribution in [2.75, 3.05) is 7.05 Å². The lowest BCUT2D eigenvalue weighted by molar-refractivity contribution is 0.274. The van der Waals surface area contributed by atoms with Gasteiger partial charge >= 0.3 is 0 Å². The average Bonchev–Trinajstić information content (AvgIpc) is 2.91. The van der Waals surface area contributed by atoms with Gasteiger partial charge in [0.05, 0.1) is 0 Å². The predicted molar refractivity (Wildman–Crippen MR) is 76.3 cm³/mol. The normalized spacial score (nSPS) is 28.6. The fraction of sp³-hybridized carbons (Fsp3) is 0.312. The van der Waals surface area contributed by atoms with Crippen molar-refractivity contribution in [3.8, 4) is 0 Å². The van der Waals surface area contributed by atoms with E-state index in [4.69, 9.17) is 11.6 Å². The first-order valence-corrected chi connectivity index (χ1v) is 7.05. The lowest BCUT2D eigenvalue weighted by atomic mass is 9.80. The second kappa shape index (κ2) is 4.06. The van der Waals surface area contributed by atoms with Gasteiger partial charge in [0.25, 0.3) is 0 Å². The molecule has 2 bridgehead atoms. The van der Waals surface area contributed by atoms with E-state index in [1.165, 1.54) is 23.1 Å². The van der Waals surface area contributed by atoms with Crippen molar-refractivity contribution < 1.29 is 0 Å². The molecule has 2 aliphatic rings. The second-order valence-corrected chi connectivity index (χ2v) is 5.90. The Morgan fingerprint density at radius 3 is 2.68 bits per heavy atom. The summed E-state index contributed by atoms with van der Waals surface area (Å²) in [5.74, 6) is 0.537. The van der Waals surface area contributed by atoms with Gasteiger partial charge in [0, 0.05) is 24.2 Å². The van der Waals surface area contributed by atoms with E-state index in [-0.39, 0.29) is 0 Å². The summed E-state index contributed by atoms with van der Waals surface area (Å²) in [5.41, 5.74) is 4.30. The average molecular weight is 271 g/mol. The van der Waals surface area contributed by atoms with Crippen molar-refractivity contribution in [1.82, 2.24) is 9.88 Å². The minimum atomic E-state index is 0.490. The number of pyridine rings is 1. The zero-order chi connectivity index (χ0) is 13.0. The second-order valence-electron chi connectivity index (χ2n) is 5.51. The quantitative estimate of drug-likeness (QED) is 0.730. The molecule has 3 heteroatoms. The molecule has 0 amide bonds. The number of hydrogen-bond donors (Lipinski definition) is 0. The molecule has 0 saturated carbocycles. The molecule has 1 aromatic heterocycles. The van der Waals surface area contributed by atoms with Gasteiger partial charge in [0.1, 0.15) is 5.15 Å². The van der Waals surface area contributed by atoms with E-state index in [2.05, 4.69) is 47.3 Å². The van der Waals surface area contributed by atoms with Crippen molar-refractivity contribution in [3.63, 3.8) is 0 Å². The number of nitrogens with zero attached hydrogens (tertiary/aromatic N) is 2. The van der Waals surface area contributed by atoms with E-state index in [0.717, 1.165) is 0 Å². The van der Waals surface area contributed by atoms with Gasteiger partial charge in [-0.3, -0.25) is 4.90 Å². The zero-order valence-corrected chi connectivity index (χ0v) is 11.5. The van der Waals surface area contributed by atoms with Gasteiger partial charge in [-0.25, -0.2) is 4.98 Å². The first-order chi connectivity index (χ1) is 9.25. The summed E-state index contributed by atoms with van der Waals surface area (Å²) in [4.78, 5) is 6.74. The minimum Gasteiger partial charge on any atom is -0.292 e. The van der Waals surface area contributed by atoms with Crippen LogP contribution in [0.1, 0.15) is 41.1 Å². The molecule has 0 spiro atoms. The van der Waals surface area contributed by atoms with Gasteiger partial charge in [-0.1, -0.05) is 41.9 Å². The predicted octanol–water partition coefficient (Wildman–Crippen LogP) is 3.95. The molecule has 1 aromatic carbocycles. The Morgan fingerprint density at radius 2 is 1.95 bits per heavy atom. The first-order valence-electron chi connectivity index (χ1n) is 6.68. The van der Waals surface area contributed by atoms with Crippen LogP contribution in [0.4, 0.5) is 0 Å². The lowest BCUT2D eigenvalue weighted by Gasteiger charge is -2.23. The van der Waals surface area contributed by atoms with E-state index in [1.807, 2.05) is 12.3 Å². The molecule has 1 saturated heterocycles. The van der Waals surface area contributed by atoms with Crippen LogP contribution in [0.3, 0.4) is 0 Å². The molecule has 4 rings (SSSR count). The zero-order valence-electron chi connectivity index (χ0n) is 10.8. The Hall–Kier alpha value is -1.38. The number of benzene rings is 1. The summed E-state index contributed by atoms with van der Waals surface area (Å²) in [7, 11) is 2.23. The highest BCUT2D eigenvalue weighted by molar-refractivity contribution is 6.29. The monoisotopic (exact) mass is 270 g/mol. The van der Waals surface area contributed by atoms with Crippen molar-refractivity contribution in [2.24, 2.45) is 0 Å².